The van der Waals surface area contributed by atoms with Gasteiger partial charge >= 0.3 is 11.8 Å². The number of hydrogen-bond donors (Lipinski definition) is 2. The molecule has 0 saturated carbocycles. The normalized spacial score (nSPS) is 14.1. The lowest BCUT2D eigenvalue weighted by Gasteiger charge is -2.27. The van der Waals surface area contributed by atoms with Crippen LogP contribution >= 0.6 is 0 Å². The van der Waals surface area contributed by atoms with Gasteiger partial charge in [0.2, 0.25) is 0 Å². The van der Waals surface area contributed by atoms with E-state index >= 15 is 0 Å². The van der Waals surface area contributed by atoms with Crippen LogP contribution in [0, 0.1) is 0 Å². The zero-order valence-electron chi connectivity index (χ0n) is 15.1. The number of anilines is 2. The molecule has 3 rings (SSSR count). The van der Waals surface area contributed by atoms with E-state index in [-0.39, 0.29) is 5.78 Å². The SMILES string of the molecule is NC(=O)C(=O)Nc1ccc(C(=O)/C=C/c2cccc(N3CCOCC3)n2)cc1. The van der Waals surface area contributed by atoms with E-state index in [2.05, 4.69) is 15.2 Å². The molecular formula is C20H20N4O4. The number of ether oxygens (including phenoxy) is 1. The molecule has 28 heavy (non-hydrogen) atoms. The summed E-state index contributed by atoms with van der Waals surface area (Å²) in [6.07, 6.45) is 3.11. The van der Waals surface area contributed by atoms with Gasteiger partial charge in [-0.3, -0.25) is 14.4 Å². The quantitative estimate of drug-likeness (QED) is 0.458. The van der Waals surface area contributed by atoms with E-state index in [1.165, 1.54) is 18.2 Å². The van der Waals surface area contributed by atoms with Gasteiger partial charge in [-0.2, -0.15) is 0 Å². The highest BCUT2D eigenvalue weighted by Gasteiger charge is 2.12. The number of ketones is 1. The Morgan fingerprint density at radius 2 is 1.79 bits per heavy atom. The molecule has 0 bridgehead atoms. The summed E-state index contributed by atoms with van der Waals surface area (Å²) in [6, 6.07) is 11.8. The van der Waals surface area contributed by atoms with E-state index in [0.29, 0.717) is 30.2 Å². The molecule has 1 fully saturated rings. The predicted octanol–water partition coefficient (Wildman–Crippen LogP) is 1.24. The van der Waals surface area contributed by atoms with Gasteiger partial charge in [-0.05, 0) is 48.6 Å². The highest BCUT2D eigenvalue weighted by atomic mass is 16.5. The molecule has 8 nitrogen and oxygen atoms in total. The molecule has 0 unspecified atom stereocenters. The van der Waals surface area contributed by atoms with Crippen LogP contribution in [-0.2, 0) is 14.3 Å². The Balaban J connectivity index is 1.64. The number of pyridine rings is 1. The smallest absolute Gasteiger partial charge is 0.313 e. The average molecular weight is 380 g/mol. The number of rotatable bonds is 5. The Morgan fingerprint density at radius 1 is 1.07 bits per heavy atom. The Kier molecular flexibility index (Phi) is 6.13. The highest BCUT2D eigenvalue weighted by Crippen LogP contribution is 2.15. The third-order valence-electron chi connectivity index (χ3n) is 4.15. The van der Waals surface area contributed by atoms with Crippen molar-refractivity contribution in [2.45, 2.75) is 0 Å². The first-order chi connectivity index (χ1) is 13.5. The van der Waals surface area contributed by atoms with Crippen LogP contribution in [0.5, 0.6) is 0 Å². The van der Waals surface area contributed by atoms with Gasteiger partial charge in [0, 0.05) is 24.3 Å². The van der Waals surface area contributed by atoms with Gasteiger partial charge < -0.3 is 20.7 Å². The molecule has 2 aromatic rings. The van der Waals surface area contributed by atoms with Gasteiger partial charge in [0.25, 0.3) is 0 Å². The number of benzene rings is 1. The third kappa shape index (κ3) is 5.01. The standard InChI is InChI=1S/C20H20N4O4/c21-19(26)20(27)23-16-6-4-14(5-7-16)17(25)9-8-15-2-1-3-18(22-15)24-10-12-28-13-11-24/h1-9H,10-13H2,(H2,21,26)(H,23,27)/b9-8+. The molecule has 8 heteroatoms. The average Bonchev–Trinajstić information content (AvgIpc) is 2.73. The molecule has 0 radical (unpaired) electrons. The van der Waals surface area contributed by atoms with Crippen molar-refractivity contribution in [3.05, 3.63) is 59.8 Å². The Morgan fingerprint density at radius 3 is 2.46 bits per heavy atom. The van der Waals surface area contributed by atoms with E-state index in [1.807, 2.05) is 18.2 Å². The van der Waals surface area contributed by atoms with Gasteiger partial charge in [0.15, 0.2) is 5.78 Å². The Labute approximate surface area is 162 Å². The predicted molar refractivity (Wildman–Crippen MR) is 105 cm³/mol. The topological polar surface area (TPSA) is 115 Å². The van der Waals surface area contributed by atoms with Crippen LogP contribution in [-0.4, -0.2) is 48.9 Å². The van der Waals surface area contributed by atoms with Crippen LogP contribution in [0.15, 0.2) is 48.5 Å². The number of primary amides is 1. The summed E-state index contributed by atoms with van der Waals surface area (Å²) in [6.45, 7) is 2.93. The van der Waals surface area contributed by atoms with Crippen LogP contribution in [0.3, 0.4) is 0 Å². The van der Waals surface area contributed by atoms with Crippen LogP contribution < -0.4 is 16.0 Å². The van der Waals surface area contributed by atoms with Crippen molar-refractivity contribution in [1.82, 2.24) is 4.98 Å². The van der Waals surface area contributed by atoms with Crippen LogP contribution in [0.4, 0.5) is 11.5 Å². The highest BCUT2D eigenvalue weighted by molar-refractivity contribution is 6.39. The number of amides is 2. The maximum absolute atomic E-state index is 12.3. The second-order valence-corrected chi connectivity index (χ2v) is 6.11. The molecule has 0 atom stereocenters. The molecule has 1 saturated heterocycles. The minimum absolute atomic E-state index is 0.202. The molecule has 1 aromatic carbocycles. The number of allylic oxidation sites excluding steroid dienone is 1. The van der Waals surface area contributed by atoms with Crippen molar-refractivity contribution >= 4 is 35.2 Å². The minimum Gasteiger partial charge on any atom is -0.378 e. The number of morpholine rings is 1. The first-order valence-corrected chi connectivity index (χ1v) is 8.76. The third-order valence-corrected chi connectivity index (χ3v) is 4.15. The van der Waals surface area contributed by atoms with Gasteiger partial charge in [-0.15, -0.1) is 0 Å². The lowest BCUT2D eigenvalue weighted by atomic mass is 10.1. The Hall–Kier alpha value is -3.52. The summed E-state index contributed by atoms with van der Waals surface area (Å²) in [7, 11) is 0. The molecule has 1 aliphatic rings. The summed E-state index contributed by atoms with van der Waals surface area (Å²) in [5.74, 6) is -1.33. The molecule has 2 heterocycles. The van der Waals surface area contributed by atoms with Crippen LogP contribution in [0.1, 0.15) is 16.1 Å². The molecule has 1 aliphatic heterocycles. The number of hydrogen-bond acceptors (Lipinski definition) is 6. The van der Waals surface area contributed by atoms with Crippen molar-refractivity contribution in [1.29, 1.82) is 0 Å². The maximum atomic E-state index is 12.3. The van der Waals surface area contributed by atoms with Crippen molar-refractivity contribution in [3.8, 4) is 0 Å². The first-order valence-electron chi connectivity index (χ1n) is 8.76. The lowest BCUT2D eigenvalue weighted by molar-refractivity contribution is -0.134. The molecule has 144 valence electrons. The van der Waals surface area contributed by atoms with E-state index in [0.717, 1.165) is 18.9 Å². The zero-order chi connectivity index (χ0) is 19.9. The summed E-state index contributed by atoms with van der Waals surface area (Å²) in [5.41, 5.74) is 6.39. The van der Waals surface area contributed by atoms with Crippen molar-refractivity contribution < 1.29 is 19.1 Å². The fourth-order valence-electron chi connectivity index (χ4n) is 2.67. The maximum Gasteiger partial charge on any atom is 0.313 e. The van der Waals surface area contributed by atoms with Crippen LogP contribution in [0.2, 0.25) is 0 Å². The van der Waals surface area contributed by atoms with E-state index < -0.39 is 11.8 Å². The summed E-state index contributed by atoms with van der Waals surface area (Å²) < 4.78 is 5.35. The number of nitrogens with zero attached hydrogens (tertiary/aromatic N) is 2. The number of carbonyl (C=O) groups excluding carboxylic acids is 3. The van der Waals surface area contributed by atoms with E-state index in [1.54, 1.807) is 18.2 Å². The van der Waals surface area contributed by atoms with Crippen molar-refractivity contribution in [2.24, 2.45) is 5.73 Å². The summed E-state index contributed by atoms with van der Waals surface area (Å²) in [5, 5.41) is 2.34. The minimum atomic E-state index is -1.07. The largest absolute Gasteiger partial charge is 0.378 e. The van der Waals surface area contributed by atoms with Gasteiger partial charge in [-0.25, -0.2) is 4.98 Å². The van der Waals surface area contributed by atoms with Gasteiger partial charge in [-0.1, -0.05) is 6.07 Å². The monoisotopic (exact) mass is 380 g/mol. The number of carbonyl (C=O) groups is 3. The molecule has 2 amide bonds. The second kappa shape index (κ2) is 8.92. The number of nitrogens with two attached hydrogens (primary N) is 1. The van der Waals surface area contributed by atoms with Gasteiger partial charge in [0.1, 0.15) is 5.82 Å². The first kappa shape index (κ1) is 19.2. The number of nitrogens with one attached hydrogen (secondary N) is 1. The van der Waals surface area contributed by atoms with Gasteiger partial charge in [0.05, 0.1) is 18.9 Å². The molecule has 1 aromatic heterocycles. The van der Waals surface area contributed by atoms with Crippen molar-refractivity contribution in [3.63, 3.8) is 0 Å². The molecule has 0 aliphatic carbocycles. The molecule has 3 N–H and O–H groups in total. The van der Waals surface area contributed by atoms with E-state index in [4.69, 9.17) is 10.5 Å². The second-order valence-electron chi connectivity index (χ2n) is 6.11. The van der Waals surface area contributed by atoms with Crippen LogP contribution in [0.25, 0.3) is 6.08 Å². The lowest BCUT2D eigenvalue weighted by Crippen LogP contribution is -2.36. The van der Waals surface area contributed by atoms with E-state index in [9.17, 15) is 14.4 Å². The summed E-state index contributed by atoms with van der Waals surface area (Å²) >= 11 is 0. The Bertz CT molecular complexity index is 903. The fourth-order valence-corrected chi connectivity index (χ4v) is 2.67. The van der Waals surface area contributed by atoms with Crippen molar-refractivity contribution in [2.75, 3.05) is 36.5 Å². The number of aromatic nitrogens is 1. The zero-order valence-corrected chi connectivity index (χ0v) is 15.1. The fraction of sp³-hybridized carbons (Fsp3) is 0.200. The molecule has 0 spiro atoms. The summed E-state index contributed by atoms with van der Waals surface area (Å²) in [4.78, 5) is 41.1. The molecular weight excluding hydrogens is 360 g/mol.